The highest BCUT2D eigenvalue weighted by molar-refractivity contribution is 5.93. The number of ether oxygens (including phenoxy) is 2. The van der Waals surface area contributed by atoms with Crippen LogP contribution in [0, 0.1) is 6.92 Å². The minimum atomic E-state index is 0.573. The van der Waals surface area contributed by atoms with Crippen molar-refractivity contribution in [2.75, 3.05) is 18.6 Å². The normalized spacial score (nSPS) is 13.8. The van der Waals surface area contributed by atoms with Crippen molar-refractivity contribution in [3.8, 4) is 11.5 Å². The fourth-order valence-corrected chi connectivity index (χ4v) is 2.01. The molecule has 0 saturated carbocycles. The number of nitrogens with one attached hydrogen (secondary N) is 1. The van der Waals surface area contributed by atoms with Gasteiger partial charge in [-0.05, 0) is 19.1 Å². The van der Waals surface area contributed by atoms with Crippen LogP contribution in [0.15, 0.2) is 18.2 Å². The maximum absolute atomic E-state index is 5.54. The van der Waals surface area contributed by atoms with Crippen LogP contribution in [0.25, 0.3) is 10.9 Å². The van der Waals surface area contributed by atoms with E-state index in [1.807, 2.05) is 25.1 Å². The van der Waals surface area contributed by atoms with E-state index in [1.165, 1.54) is 0 Å². The number of fused-ring (bicyclic) bond motifs is 2. The summed E-state index contributed by atoms with van der Waals surface area (Å²) >= 11 is 0. The maximum atomic E-state index is 5.54. The third kappa shape index (κ3) is 1.64. The van der Waals surface area contributed by atoms with Crippen molar-refractivity contribution in [2.45, 2.75) is 6.92 Å². The van der Waals surface area contributed by atoms with E-state index in [0.29, 0.717) is 13.2 Å². The number of benzene rings is 1. The molecule has 0 saturated heterocycles. The minimum absolute atomic E-state index is 0.573. The molecule has 0 radical (unpaired) electrons. The predicted molar refractivity (Wildman–Crippen MR) is 65.3 cm³/mol. The molecule has 1 aliphatic heterocycles. The van der Waals surface area contributed by atoms with E-state index in [9.17, 15) is 0 Å². The second kappa shape index (κ2) is 3.78. The monoisotopic (exact) mass is 231 g/mol. The van der Waals surface area contributed by atoms with E-state index in [4.69, 9.17) is 15.3 Å². The first-order valence-electron chi connectivity index (χ1n) is 5.45. The second-order valence-electron chi connectivity index (χ2n) is 3.97. The first-order chi connectivity index (χ1) is 8.28. The van der Waals surface area contributed by atoms with Gasteiger partial charge in [0.1, 0.15) is 13.2 Å². The van der Waals surface area contributed by atoms with Crippen LogP contribution < -0.4 is 20.7 Å². The Morgan fingerprint density at radius 2 is 1.88 bits per heavy atom. The number of anilines is 1. The molecule has 0 spiro atoms. The number of hydrogen-bond donors (Lipinski definition) is 2. The van der Waals surface area contributed by atoms with E-state index in [2.05, 4.69) is 10.4 Å². The van der Waals surface area contributed by atoms with E-state index >= 15 is 0 Å². The number of rotatable bonds is 1. The van der Waals surface area contributed by atoms with Gasteiger partial charge in [-0.25, -0.2) is 0 Å². The fourth-order valence-electron chi connectivity index (χ4n) is 2.01. The number of nitrogen functional groups attached to an aromatic ring is 1. The molecule has 88 valence electrons. The molecule has 0 amide bonds. The molecule has 0 aliphatic carbocycles. The van der Waals surface area contributed by atoms with Crippen molar-refractivity contribution < 1.29 is 9.47 Å². The topological polar surface area (TPSA) is 69.4 Å². The average molecular weight is 231 g/mol. The van der Waals surface area contributed by atoms with Crippen molar-refractivity contribution in [3.05, 3.63) is 23.9 Å². The molecular formula is C12H13N3O2. The van der Waals surface area contributed by atoms with Crippen molar-refractivity contribution in [3.63, 3.8) is 0 Å². The van der Waals surface area contributed by atoms with Gasteiger partial charge in [0.25, 0.3) is 0 Å². The number of aromatic nitrogens is 1. The Balaban J connectivity index is 2.29. The van der Waals surface area contributed by atoms with Crippen LogP contribution in [0.2, 0.25) is 0 Å². The highest BCUT2D eigenvalue weighted by atomic mass is 16.6. The molecule has 0 atom stereocenters. The molecular weight excluding hydrogens is 218 g/mol. The summed E-state index contributed by atoms with van der Waals surface area (Å²) in [5.74, 6) is 6.99. The molecule has 0 bridgehead atoms. The van der Waals surface area contributed by atoms with Crippen LogP contribution in [0.4, 0.5) is 5.69 Å². The first-order valence-corrected chi connectivity index (χ1v) is 5.45. The van der Waals surface area contributed by atoms with Gasteiger partial charge in [-0.1, -0.05) is 0 Å². The molecule has 5 heteroatoms. The SMILES string of the molecule is Cc1cc(NN)c2cc3c(cc2n1)OCCO3. The molecule has 5 nitrogen and oxygen atoms in total. The largest absolute Gasteiger partial charge is 0.486 e. The molecule has 3 rings (SSSR count). The zero-order valence-electron chi connectivity index (χ0n) is 9.49. The molecule has 1 aliphatic rings. The molecule has 0 fully saturated rings. The standard InChI is InChI=1S/C12H13N3O2/c1-7-4-10(15-13)8-5-11-12(6-9(8)14-7)17-3-2-16-11/h4-6H,2-3,13H2,1H3,(H,14,15). The van der Waals surface area contributed by atoms with Crippen LogP contribution in [-0.2, 0) is 0 Å². The van der Waals surface area contributed by atoms with Gasteiger partial charge in [0.05, 0.1) is 11.2 Å². The van der Waals surface area contributed by atoms with Gasteiger partial charge in [-0.15, -0.1) is 0 Å². The quantitative estimate of drug-likeness (QED) is 0.576. The summed E-state index contributed by atoms with van der Waals surface area (Å²) in [4.78, 5) is 4.46. The zero-order valence-corrected chi connectivity index (χ0v) is 9.49. The van der Waals surface area contributed by atoms with E-state index in [0.717, 1.165) is 33.8 Å². The molecule has 0 unspecified atom stereocenters. The summed E-state index contributed by atoms with van der Waals surface area (Å²) in [6.07, 6.45) is 0. The van der Waals surface area contributed by atoms with Crippen LogP contribution in [0.1, 0.15) is 5.69 Å². The maximum Gasteiger partial charge on any atom is 0.163 e. The lowest BCUT2D eigenvalue weighted by molar-refractivity contribution is 0.172. The Bertz CT molecular complexity index is 583. The Hall–Kier alpha value is -2.01. The smallest absolute Gasteiger partial charge is 0.163 e. The van der Waals surface area contributed by atoms with Crippen LogP contribution in [0.5, 0.6) is 11.5 Å². The number of pyridine rings is 1. The molecule has 3 N–H and O–H groups in total. The third-order valence-corrected chi connectivity index (χ3v) is 2.76. The first kappa shape index (κ1) is 10.2. The summed E-state index contributed by atoms with van der Waals surface area (Å²) in [6.45, 7) is 3.08. The molecule has 1 aromatic carbocycles. The van der Waals surface area contributed by atoms with Crippen LogP contribution in [-0.4, -0.2) is 18.2 Å². The van der Waals surface area contributed by atoms with Crippen molar-refractivity contribution >= 4 is 16.6 Å². The fraction of sp³-hybridized carbons (Fsp3) is 0.250. The second-order valence-corrected chi connectivity index (χ2v) is 3.97. The number of aryl methyl sites for hydroxylation is 1. The van der Waals surface area contributed by atoms with Gasteiger partial charge in [-0.2, -0.15) is 0 Å². The molecule has 2 aromatic rings. The van der Waals surface area contributed by atoms with Crippen molar-refractivity contribution in [1.82, 2.24) is 4.98 Å². The summed E-state index contributed by atoms with van der Waals surface area (Å²) < 4.78 is 11.1. The van der Waals surface area contributed by atoms with Crippen LogP contribution >= 0.6 is 0 Å². The number of nitrogens with two attached hydrogens (primary N) is 1. The van der Waals surface area contributed by atoms with Gasteiger partial charge in [-0.3, -0.25) is 10.8 Å². The molecule has 1 aromatic heterocycles. The Morgan fingerprint density at radius 1 is 1.18 bits per heavy atom. The van der Waals surface area contributed by atoms with E-state index in [1.54, 1.807) is 0 Å². The minimum Gasteiger partial charge on any atom is -0.486 e. The Morgan fingerprint density at radius 3 is 2.59 bits per heavy atom. The molecule has 17 heavy (non-hydrogen) atoms. The predicted octanol–water partition coefficient (Wildman–Crippen LogP) is 1.60. The van der Waals surface area contributed by atoms with Gasteiger partial charge in [0, 0.05) is 17.1 Å². The van der Waals surface area contributed by atoms with Gasteiger partial charge in [0.2, 0.25) is 0 Å². The highest BCUT2D eigenvalue weighted by Crippen LogP contribution is 2.36. The number of hydrogen-bond acceptors (Lipinski definition) is 5. The highest BCUT2D eigenvalue weighted by Gasteiger charge is 2.14. The van der Waals surface area contributed by atoms with E-state index < -0.39 is 0 Å². The molecule has 2 heterocycles. The van der Waals surface area contributed by atoms with Crippen molar-refractivity contribution in [1.29, 1.82) is 0 Å². The van der Waals surface area contributed by atoms with Crippen LogP contribution in [0.3, 0.4) is 0 Å². The Kier molecular flexibility index (Phi) is 2.26. The Labute approximate surface area is 98.5 Å². The average Bonchev–Trinajstić information content (AvgIpc) is 2.35. The zero-order chi connectivity index (χ0) is 11.8. The lowest BCUT2D eigenvalue weighted by Crippen LogP contribution is -2.15. The summed E-state index contributed by atoms with van der Waals surface area (Å²) in [6, 6.07) is 5.70. The van der Waals surface area contributed by atoms with Crippen molar-refractivity contribution in [2.24, 2.45) is 5.84 Å². The lowest BCUT2D eigenvalue weighted by atomic mass is 10.1. The summed E-state index contributed by atoms with van der Waals surface area (Å²) in [5, 5.41) is 0.933. The summed E-state index contributed by atoms with van der Waals surface area (Å²) in [5.41, 5.74) is 5.27. The van der Waals surface area contributed by atoms with Gasteiger partial charge in [0.15, 0.2) is 11.5 Å². The third-order valence-electron chi connectivity index (χ3n) is 2.76. The number of nitrogens with zero attached hydrogens (tertiary/aromatic N) is 1. The summed E-state index contributed by atoms with van der Waals surface area (Å²) in [7, 11) is 0. The number of hydrazine groups is 1. The van der Waals surface area contributed by atoms with Gasteiger partial charge < -0.3 is 14.9 Å². The van der Waals surface area contributed by atoms with Gasteiger partial charge >= 0.3 is 0 Å². The van der Waals surface area contributed by atoms with E-state index in [-0.39, 0.29) is 0 Å². The lowest BCUT2D eigenvalue weighted by Gasteiger charge is -2.19.